The van der Waals surface area contributed by atoms with Gasteiger partial charge in [-0.05, 0) is 18.9 Å². The van der Waals surface area contributed by atoms with Gasteiger partial charge in [-0.25, -0.2) is 0 Å². The minimum absolute atomic E-state index is 0.0561. The quantitative estimate of drug-likeness (QED) is 0.218. The van der Waals surface area contributed by atoms with Crippen LogP contribution < -0.4 is 5.73 Å². The summed E-state index contributed by atoms with van der Waals surface area (Å²) in [6, 6.07) is 0. The number of carbonyl (C=O) groups is 1. The molecule has 0 rings (SSSR count). The van der Waals surface area contributed by atoms with Crippen molar-refractivity contribution in [2.75, 3.05) is 6.54 Å². The highest BCUT2D eigenvalue weighted by molar-refractivity contribution is 5.93. The topological polar surface area (TPSA) is 63.3 Å². The van der Waals surface area contributed by atoms with Crippen molar-refractivity contribution < 1.29 is 9.90 Å². The summed E-state index contributed by atoms with van der Waals surface area (Å²) in [5.41, 5.74) is 5.20. The Morgan fingerprint density at radius 3 is 1.81 bits per heavy atom. The van der Waals surface area contributed by atoms with Crippen LogP contribution in [-0.4, -0.2) is 23.5 Å². The van der Waals surface area contributed by atoms with Gasteiger partial charge in [0.2, 0.25) is 0 Å². The van der Waals surface area contributed by atoms with Gasteiger partial charge in [0, 0.05) is 6.54 Å². The van der Waals surface area contributed by atoms with Crippen molar-refractivity contribution in [3.05, 3.63) is 72.9 Å². The van der Waals surface area contributed by atoms with E-state index in [0.717, 1.165) is 6.42 Å². The third-order valence-electron chi connectivity index (χ3n) is 3.92. The smallest absolute Gasteiger partial charge is 0.185 e. The molecule has 0 fully saturated rings. The highest BCUT2D eigenvalue weighted by Gasteiger charge is 2.07. The lowest BCUT2D eigenvalue weighted by Crippen LogP contribution is -2.27. The van der Waals surface area contributed by atoms with E-state index in [1.54, 1.807) is 12.2 Å². The molecule has 0 amide bonds. The van der Waals surface area contributed by atoms with E-state index >= 15 is 0 Å². The predicted octanol–water partition coefficient (Wildman–Crippen LogP) is 5.35. The number of hydrogen-bond donors (Lipinski definition) is 2. The van der Waals surface area contributed by atoms with Gasteiger partial charge in [0.05, 0.1) is 0 Å². The number of nitrogens with two attached hydrogens (primary N) is 1. The summed E-state index contributed by atoms with van der Waals surface area (Å²) in [5, 5.41) is 9.19. The standard InChI is InChI=1S/C24H37NO2/c1-2-3-4-5-6-7-8-9-10-11-12-13-14-15-16-17-18-19-20-21-23(26)24(27)22-25/h10-21,24,27H,2-9,22,25H2,1H3. The molecular formula is C24H37NO2. The summed E-state index contributed by atoms with van der Waals surface area (Å²) < 4.78 is 0. The minimum atomic E-state index is -1.11. The van der Waals surface area contributed by atoms with Gasteiger partial charge >= 0.3 is 0 Å². The van der Waals surface area contributed by atoms with Crippen molar-refractivity contribution >= 4 is 5.78 Å². The van der Waals surface area contributed by atoms with Crippen LogP contribution in [0.1, 0.15) is 58.3 Å². The van der Waals surface area contributed by atoms with Crippen molar-refractivity contribution in [2.24, 2.45) is 5.73 Å². The fourth-order valence-electron chi connectivity index (χ4n) is 2.28. The normalized spacial score (nSPS) is 14.2. The first kappa shape index (κ1) is 25.0. The maximum atomic E-state index is 11.3. The molecule has 0 aliphatic carbocycles. The Kier molecular flexibility index (Phi) is 18.9. The third kappa shape index (κ3) is 18.6. The van der Waals surface area contributed by atoms with Crippen LogP contribution in [0.2, 0.25) is 0 Å². The second-order valence-corrected chi connectivity index (χ2v) is 6.39. The van der Waals surface area contributed by atoms with Crippen molar-refractivity contribution in [3.63, 3.8) is 0 Å². The van der Waals surface area contributed by atoms with E-state index in [9.17, 15) is 9.90 Å². The largest absolute Gasteiger partial charge is 0.384 e. The first-order valence-electron chi connectivity index (χ1n) is 10.1. The number of ketones is 1. The number of hydrogen-bond acceptors (Lipinski definition) is 3. The highest BCUT2D eigenvalue weighted by atomic mass is 16.3. The molecule has 1 unspecified atom stereocenters. The van der Waals surface area contributed by atoms with E-state index in [4.69, 9.17) is 5.73 Å². The molecule has 150 valence electrons. The average molecular weight is 372 g/mol. The molecule has 3 nitrogen and oxygen atoms in total. The van der Waals surface area contributed by atoms with E-state index < -0.39 is 6.10 Å². The van der Waals surface area contributed by atoms with Gasteiger partial charge in [0.1, 0.15) is 6.10 Å². The summed E-state index contributed by atoms with van der Waals surface area (Å²) >= 11 is 0. The number of aliphatic hydroxyl groups is 1. The molecule has 0 aliphatic heterocycles. The molecule has 3 heteroatoms. The Labute approximate surface area is 165 Å². The van der Waals surface area contributed by atoms with Gasteiger partial charge in [-0.3, -0.25) is 4.79 Å². The molecule has 1 atom stereocenters. The second-order valence-electron chi connectivity index (χ2n) is 6.39. The molecule has 0 bridgehead atoms. The molecule has 3 N–H and O–H groups in total. The van der Waals surface area contributed by atoms with Crippen molar-refractivity contribution in [1.29, 1.82) is 0 Å². The van der Waals surface area contributed by atoms with Crippen LogP contribution in [0.4, 0.5) is 0 Å². The first-order valence-corrected chi connectivity index (χ1v) is 10.1. The molecule has 27 heavy (non-hydrogen) atoms. The summed E-state index contributed by atoms with van der Waals surface area (Å²) in [5.74, 6) is -0.379. The summed E-state index contributed by atoms with van der Waals surface area (Å²) in [4.78, 5) is 11.3. The summed E-state index contributed by atoms with van der Waals surface area (Å²) in [6.45, 7) is 2.20. The van der Waals surface area contributed by atoms with E-state index in [-0.39, 0.29) is 12.3 Å². The van der Waals surface area contributed by atoms with E-state index in [1.165, 1.54) is 51.0 Å². The zero-order valence-electron chi connectivity index (χ0n) is 16.8. The Morgan fingerprint density at radius 1 is 0.778 bits per heavy atom. The highest BCUT2D eigenvalue weighted by Crippen LogP contribution is 2.08. The lowest BCUT2D eigenvalue weighted by molar-refractivity contribution is -0.121. The fourth-order valence-corrected chi connectivity index (χ4v) is 2.28. The molecule has 0 heterocycles. The molecule has 0 aromatic carbocycles. The summed E-state index contributed by atoms with van der Waals surface area (Å²) in [7, 11) is 0. The number of rotatable bonds is 16. The zero-order valence-corrected chi connectivity index (χ0v) is 16.8. The van der Waals surface area contributed by atoms with E-state index in [2.05, 4.69) is 19.1 Å². The van der Waals surface area contributed by atoms with Gasteiger partial charge in [0.15, 0.2) is 5.78 Å². The van der Waals surface area contributed by atoms with E-state index in [1.807, 2.05) is 42.5 Å². The van der Waals surface area contributed by atoms with Crippen LogP contribution >= 0.6 is 0 Å². The molecule has 0 aromatic rings. The van der Waals surface area contributed by atoms with Gasteiger partial charge in [-0.1, -0.05) is 112 Å². The minimum Gasteiger partial charge on any atom is -0.384 e. The number of aliphatic hydroxyl groups excluding tert-OH is 1. The Bertz CT molecular complexity index is 524. The van der Waals surface area contributed by atoms with Crippen molar-refractivity contribution in [3.8, 4) is 0 Å². The van der Waals surface area contributed by atoms with Gasteiger partial charge < -0.3 is 10.8 Å². The molecule has 0 aliphatic rings. The lowest BCUT2D eigenvalue weighted by Gasteiger charge is -1.99. The third-order valence-corrected chi connectivity index (χ3v) is 3.92. The number of carbonyl (C=O) groups excluding carboxylic acids is 1. The van der Waals surface area contributed by atoms with Crippen LogP contribution in [0.5, 0.6) is 0 Å². The van der Waals surface area contributed by atoms with Crippen LogP contribution in [0, 0.1) is 0 Å². The van der Waals surface area contributed by atoms with Crippen LogP contribution in [0.15, 0.2) is 72.9 Å². The summed E-state index contributed by atoms with van der Waals surface area (Å²) in [6.07, 6.45) is 32.0. The Morgan fingerprint density at radius 2 is 1.26 bits per heavy atom. The molecular weight excluding hydrogens is 334 g/mol. The first-order chi connectivity index (χ1) is 13.2. The van der Waals surface area contributed by atoms with Crippen LogP contribution in [-0.2, 0) is 4.79 Å². The van der Waals surface area contributed by atoms with Gasteiger partial charge in [-0.15, -0.1) is 0 Å². The Hall–Kier alpha value is -1.97. The average Bonchev–Trinajstić information content (AvgIpc) is 2.68. The molecule has 0 saturated heterocycles. The second kappa shape index (κ2) is 20.3. The van der Waals surface area contributed by atoms with Crippen molar-refractivity contribution in [2.45, 2.75) is 64.4 Å². The maximum Gasteiger partial charge on any atom is 0.185 e. The maximum absolute atomic E-state index is 11.3. The van der Waals surface area contributed by atoms with E-state index in [0.29, 0.717) is 0 Å². The molecule has 0 saturated carbocycles. The monoisotopic (exact) mass is 371 g/mol. The van der Waals surface area contributed by atoms with Gasteiger partial charge in [-0.2, -0.15) is 0 Å². The predicted molar refractivity (Wildman–Crippen MR) is 118 cm³/mol. The fraction of sp³-hybridized carbons (Fsp3) is 0.458. The van der Waals surface area contributed by atoms with Crippen molar-refractivity contribution in [1.82, 2.24) is 0 Å². The molecule has 0 spiro atoms. The number of allylic oxidation sites excluding steroid dienone is 11. The lowest BCUT2D eigenvalue weighted by atomic mass is 10.1. The van der Waals surface area contributed by atoms with Crippen LogP contribution in [0.3, 0.4) is 0 Å². The Balaban J connectivity index is 3.71. The molecule has 0 aromatic heterocycles. The molecule has 0 radical (unpaired) electrons. The number of unbranched alkanes of at least 4 members (excludes halogenated alkanes) is 7. The SMILES string of the molecule is CCCCCCCCCC=CC=CC=CC=CC=CC=CC(=O)C(O)CN. The van der Waals surface area contributed by atoms with Crippen LogP contribution in [0.25, 0.3) is 0 Å². The van der Waals surface area contributed by atoms with Gasteiger partial charge in [0.25, 0.3) is 0 Å². The zero-order chi connectivity index (χ0) is 20.0.